The van der Waals surface area contributed by atoms with Crippen LogP contribution in [0.25, 0.3) is 0 Å². The van der Waals surface area contributed by atoms with Crippen molar-refractivity contribution in [2.24, 2.45) is 5.73 Å². The second-order valence-electron chi connectivity index (χ2n) is 3.34. The molecule has 0 aliphatic carbocycles. The largest absolute Gasteiger partial charge is 0.335 e. The molecule has 0 aromatic carbocycles. The molecule has 1 rings (SSSR count). The van der Waals surface area contributed by atoms with E-state index in [9.17, 15) is 4.79 Å². The van der Waals surface area contributed by atoms with Gasteiger partial charge in [0.15, 0.2) is 5.78 Å². The van der Waals surface area contributed by atoms with Crippen molar-refractivity contribution in [3.8, 4) is 0 Å². The molecule has 0 saturated carbocycles. The predicted molar refractivity (Wildman–Crippen MR) is 55.0 cm³/mol. The van der Waals surface area contributed by atoms with Gasteiger partial charge >= 0.3 is 0 Å². The van der Waals surface area contributed by atoms with Crippen LogP contribution in [0, 0.1) is 0 Å². The van der Waals surface area contributed by atoms with Gasteiger partial charge in [-0.25, -0.2) is 4.98 Å². The molecule has 0 fully saturated rings. The van der Waals surface area contributed by atoms with Crippen LogP contribution in [0.3, 0.4) is 0 Å². The first kappa shape index (κ1) is 10.7. The molecule has 0 atom stereocenters. The molecule has 0 spiro atoms. The van der Waals surface area contributed by atoms with Crippen molar-refractivity contribution in [3.05, 3.63) is 30.4 Å². The van der Waals surface area contributed by atoms with Crippen LogP contribution in [-0.2, 0) is 6.54 Å². The number of hydrogen-bond acceptors (Lipinski definition) is 3. The van der Waals surface area contributed by atoms with Gasteiger partial charge in [-0.3, -0.25) is 4.79 Å². The van der Waals surface area contributed by atoms with Crippen LogP contribution in [0.2, 0.25) is 0 Å². The summed E-state index contributed by atoms with van der Waals surface area (Å²) in [6.45, 7) is 6.75. The van der Waals surface area contributed by atoms with Gasteiger partial charge in [-0.1, -0.05) is 12.2 Å². The van der Waals surface area contributed by atoms with Gasteiger partial charge < -0.3 is 10.3 Å². The first-order valence-corrected chi connectivity index (χ1v) is 4.53. The molecule has 4 heteroatoms. The number of nitrogens with two attached hydrogens (primary N) is 1. The Hall–Kier alpha value is -1.42. The Kier molecular flexibility index (Phi) is 3.59. The number of carbonyl (C=O) groups is 1. The molecule has 76 valence electrons. The van der Waals surface area contributed by atoms with Gasteiger partial charge in [0.25, 0.3) is 0 Å². The zero-order valence-corrected chi connectivity index (χ0v) is 8.36. The lowest BCUT2D eigenvalue weighted by Crippen LogP contribution is -2.08. The topological polar surface area (TPSA) is 60.9 Å². The van der Waals surface area contributed by atoms with E-state index in [0.717, 1.165) is 5.57 Å². The van der Waals surface area contributed by atoms with Crippen molar-refractivity contribution in [1.29, 1.82) is 0 Å². The maximum atomic E-state index is 11.5. The van der Waals surface area contributed by atoms with Crippen molar-refractivity contribution in [1.82, 2.24) is 9.55 Å². The fourth-order valence-corrected chi connectivity index (χ4v) is 1.14. The zero-order valence-electron chi connectivity index (χ0n) is 8.36. The summed E-state index contributed by atoms with van der Waals surface area (Å²) in [5, 5.41) is 0. The molecule has 14 heavy (non-hydrogen) atoms. The third-order valence-electron chi connectivity index (χ3n) is 1.77. The van der Waals surface area contributed by atoms with Crippen LogP contribution < -0.4 is 5.73 Å². The third-order valence-corrected chi connectivity index (χ3v) is 1.77. The molecule has 0 unspecified atom stereocenters. The fourth-order valence-electron chi connectivity index (χ4n) is 1.14. The van der Waals surface area contributed by atoms with Gasteiger partial charge in [0.05, 0.1) is 6.33 Å². The molecule has 1 aromatic heterocycles. The molecule has 0 aliphatic heterocycles. The Balaban J connectivity index is 2.66. The second kappa shape index (κ2) is 4.72. The van der Waals surface area contributed by atoms with Crippen LogP contribution in [0.4, 0.5) is 0 Å². The molecule has 1 heterocycles. The van der Waals surface area contributed by atoms with Gasteiger partial charge in [-0.05, 0) is 6.92 Å². The number of carbonyl (C=O) groups excluding carboxylic acids is 1. The molecular formula is C10H15N3O. The van der Waals surface area contributed by atoms with Crippen LogP contribution in [0.5, 0.6) is 0 Å². The van der Waals surface area contributed by atoms with E-state index in [1.165, 1.54) is 0 Å². The van der Waals surface area contributed by atoms with Gasteiger partial charge in [-0.15, -0.1) is 0 Å². The first-order chi connectivity index (χ1) is 6.63. The molecule has 0 bridgehead atoms. The van der Waals surface area contributed by atoms with E-state index in [1.807, 2.05) is 11.5 Å². The van der Waals surface area contributed by atoms with Crippen LogP contribution in [-0.4, -0.2) is 21.9 Å². The summed E-state index contributed by atoms with van der Waals surface area (Å²) in [5.41, 5.74) is 6.72. The van der Waals surface area contributed by atoms with Gasteiger partial charge in [0.1, 0.15) is 5.69 Å². The molecule has 4 nitrogen and oxygen atoms in total. The van der Waals surface area contributed by atoms with Crippen LogP contribution >= 0.6 is 0 Å². The maximum absolute atomic E-state index is 11.5. The minimum absolute atomic E-state index is 0.00766. The maximum Gasteiger partial charge on any atom is 0.186 e. The normalized spacial score (nSPS) is 10.1. The van der Waals surface area contributed by atoms with Crippen LogP contribution in [0.15, 0.2) is 24.7 Å². The average molecular weight is 193 g/mol. The Morgan fingerprint density at radius 1 is 1.71 bits per heavy atom. The molecule has 0 saturated heterocycles. The summed E-state index contributed by atoms with van der Waals surface area (Å²) in [7, 11) is 0. The minimum atomic E-state index is 0.00766. The molecule has 1 aromatic rings. The highest BCUT2D eigenvalue weighted by molar-refractivity contribution is 5.95. The summed E-state index contributed by atoms with van der Waals surface area (Å²) in [4.78, 5) is 15.5. The van der Waals surface area contributed by atoms with Crippen molar-refractivity contribution in [2.75, 3.05) is 6.54 Å². The number of imidazole rings is 1. The van der Waals surface area contributed by atoms with Crippen molar-refractivity contribution in [3.63, 3.8) is 0 Å². The van der Waals surface area contributed by atoms with Crippen molar-refractivity contribution < 1.29 is 4.79 Å². The van der Waals surface area contributed by atoms with Gasteiger partial charge in [0.2, 0.25) is 0 Å². The monoisotopic (exact) mass is 193 g/mol. The molecule has 0 aliphatic rings. The Bertz CT molecular complexity index is 341. The molecule has 0 amide bonds. The third kappa shape index (κ3) is 2.81. The van der Waals surface area contributed by atoms with E-state index in [2.05, 4.69) is 11.6 Å². The number of hydrogen-bond donors (Lipinski definition) is 1. The Morgan fingerprint density at radius 2 is 2.43 bits per heavy atom. The minimum Gasteiger partial charge on any atom is -0.335 e. The lowest BCUT2D eigenvalue weighted by Gasteiger charge is -1.96. The highest BCUT2D eigenvalue weighted by Crippen LogP contribution is 2.05. The number of nitrogens with zero attached hydrogens (tertiary/aromatic N) is 2. The highest BCUT2D eigenvalue weighted by atomic mass is 16.1. The number of rotatable bonds is 5. The smallest absolute Gasteiger partial charge is 0.186 e. The molecular weight excluding hydrogens is 178 g/mol. The Labute approximate surface area is 83.4 Å². The number of aromatic nitrogens is 2. The average Bonchev–Trinajstić information content (AvgIpc) is 2.52. The Morgan fingerprint density at radius 3 is 3.00 bits per heavy atom. The summed E-state index contributed by atoms with van der Waals surface area (Å²) < 4.78 is 1.81. The van der Waals surface area contributed by atoms with Crippen LogP contribution in [0.1, 0.15) is 23.8 Å². The van der Waals surface area contributed by atoms with E-state index in [0.29, 0.717) is 25.2 Å². The summed E-state index contributed by atoms with van der Waals surface area (Å²) in [5.74, 6) is 0.00766. The van der Waals surface area contributed by atoms with Crippen molar-refractivity contribution in [2.45, 2.75) is 19.9 Å². The first-order valence-electron chi connectivity index (χ1n) is 4.53. The summed E-state index contributed by atoms with van der Waals surface area (Å²) in [6.07, 6.45) is 3.70. The highest BCUT2D eigenvalue weighted by Gasteiger charge is 2.08. The SMILES string of the molecule is C=C(C)CC(=O)c1cn(CCN)cn1. The van der Waals surface area contributed by atoms with Crippen molar-refractivity contribution >= 4 is 5.78 Å². The van der Waals surface area contributed by atoms with Gasteiger partial charge in [-0.2, -0.15) is 0 Å². The van der Waals surface area contributed by atoms with E-state index >= 15 is 0 Å². The van der Waals surface area contributed by atoms with E-state index in [-0.39, 0.29) is 5.78 Å². The lowest BCUT2D eigenvalue weighted by atomic mass is 10.1. The summed E-state index contributed by atoms with van der Waals surface area (Å²) >= 11 is 0. The van der Waals surface area contributed by atoms with E-state index < -0.39 is 0 Å². The fraction of sp³-hybridized carbons (Fsp3) is 0.400. The number of Topliss-reactive ketones (excluding diaryl/α,β-unsaturated/α-hetero) is 1. The van der Waals surface area contributed by atoms with E-state index in [1.54, 1.807) is 12.5 Å². The predicted octanol–water partition coefficient (Wildman–Crippen LogP) is 0.991. The zero-order chi connectivity index (χ0) is 10.6. The molecule has 0 radical (unpaired) electrons. The van der Waals surface area contributed by atoms with Gasteiger partial charge in [0, 0.05) is 25.7 Å². The number of allylic oxidation sites excluding steroid dienone is 1. The standard InChI is InChI=1S/C10H15N3O/c1-8(2)5-10(14)9-6-13(4-3-11)7-12-9/h6-7H,1,3-5,11H2,2H3. The second-order valence-corrected chi connectivity index (χ2v) is 3.34. The van der Waals surface area contributed by atoms with E-state index in [4.69, 9.17) is 5.73 Å². The lowest BCUT2D eigenvalue weighted by molar-refractivity contribution is 0.0989. The quantitative estimate of drug-likeness (QED) is 0.560. The molecule has 2 N–H and O–H groups in total. The summed E-state index contributed by atoms with van der Waals surface area (Å²) in [6, 6.07) is 0. The number of ketones is 1.